The zero-order valence-corrected chi connectivity index (χ0v) is 32.7. The first kappa shape index (κ1) is 41.5. The first-order valence-electron chi connectivity index (χ1n) is 16.4. The van der Waals surface area contributed by atoms with Gasteiger partial charge in [-0.2, -0.15) is 38.2 Å². The number of benzene rings is 2. The standard InChI is InChI=1S/C34H44N2O12S4/c1-24(2)36-30-17-15-26(52(46,47)48)23-28(30)34(5,18-9-10-20-49(37,38)39)32(36)13-8-6-7-12-31-33(3,4)27-22-25(51(43,44)45)14-16-29(27)35(31)19-11-21-50(40,41)42/h6-8,12-17,22-24H,9-11,18-21H2,1-5H3,(H3-,37,38,39,40,41,42,43,44,45,46,47,48)/p+1. The van der Waals surface area contributed by atoms with Crippen LogP contribution in [-0.2, 0) is 51.3 Å². The van der Waals surface area contributed by atoms with Gasteiger partial charge in [0.2, 0.25) is 5.69 Å². The number of anilines is 1. The van der Waals surface area contributed by atoms with Crippen LogP contribution in [0.3, 0.4) is 0 Å². The molecule has 0 fully saturated rings. The van der Waals surface area contributed by atoms with Gasteiger partial charge in [0.25, 0.3) is 40.5 Å². The van der Waals surface area contributed by atoms with Gasteiger partial charge in [0.15, 0.2) is 5.71 Å². The average molecular weight is 802 g/mol. The Kier molecular flexibility index (Phi) is 11.9. The molecule has 4 rings (SSSR count). The van der Waals surface area contributed by atoms with Gasteiger partial charge in [-0.3, -0.25) is 18.2 Å². The van der Waals surface area contributed by atoms with Gasteiger partial charge in [0, 0.05) is 47.0 Å². The first-order valence-corrected chi connectivity index (χ1v) is 22.5. The molecular weight excluding hydrogens is 757 g/mol. The molecule has 0 aromatic heterocycles. The topological polar surface area (TPSA) is 224 Å². The van der Waals surface area contributed by atoms with Crippen molar-refractivity contribution < 1.29 is 56.5 Å². The van der Waals surface area contributed by atoms with Gasteiger partial charge in [-0.25, -0.2) is 0 Å². The fourth-order valence-corrected chi connectivity index (χ4v) is 9.10. The summed E-state index contributed by atoms with van der Waals surface area (Å²) >= 11 is 0. The van der Waals surface area contributed by atoms with Crippen molar-refractivity contribution in [2.45, 2.75) is 87.0 Å². The predicted octanol–water partition coefficient (Wildman–Crippen LogP) is 5.07. The molecule has 0 spiro atoms. The lowest BCUT2D eigenvalue weighted by Gasteiger charge is -2.32. The van der Waals surface area contributed by atoms with Crippen LogP contribution in [0.1, 0.15) is 71.4 Å². The SMILES string of the molecule is CC(C)N1\C(=C/C=C/C=C/C2=[N+](CCCS(=O)(=O)O)c3ccc(S(=O)(=O)O)cc3C2(C)C)C(C)(CCCCS(=O)(=O)O)c2cc(S(=O)(=O)O)ccc21. The van der Waals surface area contributed by atoms with Crippen molar-refractivity contribution in [3.63, 3.8) is 0 Å². The van der Waals surface area contributed by atoms with E-state index in [-0.39, 0.29) is 35.2 Å². The monoisotopic (exact) mass is 801 g/mol. The number of unbranched alkanes of at least 4 members (excludes halogenated alkanes) is 1. The van der Waals surface area contributed by atoms with Gasteiger partial charge in [0.05, 0.1) is 26.7 Å². The van der Waals surface area contributed by atoms with Crippen LogP contribution in [0.4, 0.5) is 11.4 Å². The van der Waals surface area contributed by atoms with Crippen molar-refractivity contribution in [1.82, 2.24) is 0 Å². The second-order valence-corrected chi connectivity index (χ2v) is 19.9. The van der Waals surface area contributed by atoms with E-state index in [2.05, 4.69) is 0 Å². The molecule has 4 N–H and O–H groups in total. The zero-order valence-electron chi connectivity index (χ0n) is 29.5. The predicted molar refractivity (Wildman–Crippen MR) is 198 cm³/mol. The molecule has 52 heavy (non-hydrogen) atoms. The van der Waals surface area contributed by atoms with Crippen molar-refractivity contribution in [2.24, 2.45) is 0 Å². The van der Waals surface area contributed by atoms with Gasteiger partial charge in [-0.15, -0.1) is 0 Å². The highest BCUT2D eigenvalue weighted by molar-refractivity contribution is 7.86. The minimum Gasteiger partial charge on any atom is -0.341 e. The molecule has 14 nitrogen and oxygen atoms in total. The number of rotatable bonds is 15. The van der Waals surface area contributed by atoms with Crippen LogP contribution in [-0.4, -0.2) is 86.3 Å². The number of fused-ring (bicyclic) bond motifs is 2. The van der Waals surface area contributed by atoms with E-state index in [1.165, 1.54) is 30.3 Å². The smallest absolute Gasteiger partial charge is 0.294 e. The van der Waals surface area contributed by atoms with Crippen LogP contribution >= 0.6 is 0 Å². The number of nitrogens with zero attached hydrogens (tertiary/aromatic N) is 2. The molecule has 2 aliphatic rings. The van der Waals surface area contributed by atoms with Gasteiger partial charge < -0.3 is 4.90 Å². The summed E-state index contributed by atoms with van der Waals surface area (Å²) in [5, 5.41) is 0. The minimum absolute atomic E-state index is 0.0708. The summed E-state index contributed by atoms with van der Waals surface area (Å²) in [7, 11) is -17.4. The van der Waals surface area contributed by atoms with Crippen LogP contribution in [0.5, 0.6) is 0 Å². The second kappa shape index (κ2) is 14.9. The Balaban J connectivity index is 1.76. The Morgan fingerprint density at radius 2 is 1.29 bits per heavy atom. The Bertz CT molecular complexity index is 2310. The Morgan fingerprint density at radius 3 is 1.85 bits per heavy atom. The molecular formula is C34H45N2O12S4+. The summed E-state index contributed by atoms with van der Waals surface area (Å²) < 4.78 is 134. The maximum atomic E-state index is 12.1. The Labute approximate surface area is 306 Å². The lowest BCUT2D eigenvalue weighted by atomic mass is 9.77. The Hall–Kier alpha value is -3.23. The van der Waals surface area contributed by atoms with E-state index < -0.39 is 62.8 Å². The first-order chi connectivity index (χ1) is 23.8. The second-order valence-electron chi connectivity index (χ2n) is 13.9. The summed E-state index contributed by atoms with van der Waals surface area (Å²) in [6.07, 6.45) is 9.94. The summed E-state index contributed by atoms with van der Waals surface area (Å²) in [6.45, 7) is 9.73. The molecule has 286 valence electrons. The third-order valence-corrected chi connectivity index (χ3v) is 12.8. The maximum Gasteiger partial charge on any atom is 0.294 e. The highest BCUT2D eigenvalue weighted by Crippen LogP contribution is 2.52. The summed E-state index contributed by atoms with van der Waals surface area (Å²) in [5.74, 6) is -0.913. The third kappa shape index (κ3) is 9.28. The zero-order chi connectivity index (χ0) is 39.1. The van der Waals surface area contributed by atoms with E-state index in [1.54, 1.807) is 30.4 Å². The van der Waals surface area contributed by atoms with E-state index >= 15 is 0 Å². The van der Waals surface area contributed by atoms with Crippen molar-refractivity contribution >= 4 is 57.6 Å². The van der Waals surface area contributed by atoms with Crippen LogP contribution in [0.15, 0.2) is 82.3 Å². The van der Waals surface area contributed by atoms with Crippen molar-refractivity contribution in [1.29, 1.82) is 0 Å². The quantitative estimate of drug-likeness (QED) is 0.0800. The van der Waals surface area contributed by atoms with Crippen molar-refractivity contribution in [2.75, 3.05) is 23.0 Å². The normalized spacial score (nSPS) is 20.2. The van der Waals surface area contributed by atoms with Crippen LogP contribution < -0.4 is 4.90 Å². The molecule has 0 bridgehead atoms. The van der Waals surface area contributed by atoms with Crippen LogP contribution in [0.2, 0.25) is 0 Å². The maximum absolute atomic E-state index is 12.1. The highest BCUT2D eigenvalue weighted by atomic mass is 32.2. The van der Waals surface area contributed by atoms with Gasteiger partial charge >= 0.3 is 0 Å². The molecule has 2 aromatic rings. The van der Waals surface area contributed by atoms with Crippen LogP contribution in [0.25, 0.3) is 0 Å². The number of allylic oxidation sites excluding steroid dienone is 6. The van der Waals surface area contributed by atoms with Crippen molar-refractivity contribution in [3.05, 3.63) is 83.6 Å². The lowest BCUT2D eigenvalue weighted by Crippen LogP contribution is -2.33. The fraction of sp³-hybridized carbons (Fsp3) is 0.441. The molecule has 1 unspecified atom stereocenters. The molecule has 2 aromatic carbocycles. The number of hydrogen-bond acceptors (Lipinski definition) is 9. The van der Waals surface area contributed by atoms with E-state index in [4.69, 9.17) is 0 Å². The fourth-order valence-electron chi connectivity index (χ4n) is 7.03. The lowest BCUT2D eigenvalue weighted by molar-refractivity contribution is -0.437. The van der Waals surface area contributed by atoms with E-state index in [1.807, 2.05) is 50.2 Å². The molecule has 2 heterocycles. The molecule has 0 radical (unpaired) electrons. The molecule has 18 heteroatoms. The third-order valence-electron chi connectivity index (χ3n) is 9.47. The highest BCUT2D eigenvalue weighted by Gasteiger charge is 2.46. The average Bonchev–Trinajstić information content (AvgIpc) is 3.37. The molecule has 0 saturated heterocycles. The Morgan fingerprint density at radius 1 is 0.731 bits per heavy atom. The summed E-state index contributed by atoms with van der Waals surface area (Å²) in [6, 6.07) is 8.46. The summed E-state index contributed by atoms with van der Waals surface area (Å²) in [5.41, 5.74) is 2.42. The number of hydrogen-bond donors (Lipinski definition) is 4. The molecule has 1 atom stereocenters. The molecule has 0 aliphatic carbocycles. The molecule has 0 amide bonds. The van der Waals surface area contributed by atoms with Gasteiger partial charge in [-0.1, -0.05) is 24.6 Å². The van der Waals surface area contributed by atoms with Crippen molar-refractivity contribution in [3.8, 4) is 0 Å². The molecule has 2 aliphatic heterocycles. The minimum atomic E-state index is -4.53. The van der Waals surface area contributed by atoms with E-state index in [0.717, 1.165) is 11.4 Å². The van der Waals surface area contributed by atoms with Gasteiger partial charge in [0.1, 0.15) is 6.54 Å². The van der Waals surface area contributed by atoms with Crippen LogP contribution in [0, 0.1) is 0 Å². The van der Waals surface area contributed by atoms with Gasteiger partial charge in [-0.05, 0) is 89.4 Å². The largest absolute Gasteiger partial charge is 0.341 e. The summed E-state index contributed by atoms with van der Waals surface area (Å²) in [4.78, 5) is 1.47. The van der Waals surface area contributed by atoms with E-state index in [0.29, 0.717) is 35.4 Å². The molecule has 0 saturated carbocycles. The van der Waals surface area contributed by atoms with E-state index in [9.17, 15) is 51.9 Å².